The molecule has 0 aliphatic heterocycles. The molecule has 4 nitrogen and oxygen atoms in total. The smallest absolute Gasteiger partial charge is 0.305 e. The van der Waals surface area contributed by atoms with Gasteiger partial charge in [-0.1, -0.05) is 0 Å². The molecule has 1 aromatic rings. The minimum absolute atomic E-state index is 0.321. The normalized spacial score (nSPS) is 12.0. The van der Waals surface area contributed by atoms with Crippen molar-refractivity contribution in [3.8, 4) is 5.75 Å². The molecule has 0 aromatic heterocycles. The highest BCUT2D eigenvalue weighted by molar-refractivity contribution is 6.35. The first-order valence-electron chi connectivity index (χ1n) is 5.42. The third-order valence-electron chi connectivity index (χ3n) is 2.72. The van der Waals surface area contributed by atoms with Crippen LogP contribution in [0.3, 0.4) is 0 Å². The van der Waals surface area contributed by atoms with Crippen LogP contribution in [-0.2, 0) is 4.79 Å². The van der Waals surface area contributed by atoms with Crippen molar-refractivity contribution in [2.75, 3.05) is 7.11 Å². The maximum Gasteiger partial charge on any atom is 0.305 e. The van der Waals surface area contributed by atoms with Gasteiger partial charge in [-0.25, -0.2) is 0 Å². The van der Waals surface area contributed by atoms with Gasteiger partial charge in [0.05, 0.1) is 19.1 Å². The number of carbonyl (C=O) groups excluding carboxylic acids is 1. The van der Waals surface area contributed by atoms with Gasteiger partial charge in [0.1, 0.15) is 11.1 Å². The van der Waals surface area contributed by atoms with E-state index in [0.29, 0.717) is 11.3 Å². The van der Waals surface area contributed by atoms with Crippen LogP contribution in [0, 0.1) is 13.8 Å². The van der Waals surface area contributed by atoms with Gasteiger partial charge in [0.2, 0.25) is 0 Å². The summed E-state index contributed by atoms with van der Waals surface area (Å²) in [6.45, 7) is 3.77. The minimum atomic E-state index is -1.11. The van der Waals surface area contributed by atoms with Crippen LogP contribution < -0.4 is 4.74 Å². The van der Waals surface area contributed by atoms with Crippen molar-refractivity contribution in [1.29, 1.82) is 0 Å². The van der Waals surface area contributed by atoms with E-state index < -0.39 is 23.6 Å². The first-order chi connectivity index (χ1) is 8.36. The number of benzene rings is 1. The second-order valence-corrected chi connectivity index (χ2v) is 4.59. The maximum absolute atomic E-state index is 12.0. The van der Waals surface area contributed by atoms with Gasteiger partial charge < -0.3 is 9.84 Å². The van der Waals surface area contributed by atoms with Crippen LogP contribution in [0.1, 0.15) is 27.9 Å². The molecule has 0 spiro atoms. The van der Waals surface area contributed by atoms with E-state index in [-0.39, 0.29) is 0 Å². The van der Waals surface area contributed by atoms with E-state index in [9.17, 15) is 9.59 Å². The highest BCUT2D eigenvalue weighted by atomic mass is 35.5. The molecule has 0 fully saturated rings. The molecule has 1 rings (SSSR count). The number of hydrogen-bond donors (Lipinski definition) is 1. The standard InChI is InChI=1S/C13H15ClO4/c1-7-4-9(11(18-3)5-8(7)2)13(17)10(14)6-12(15)16/h4-5,10H,6H2,1-3H3,(H,15,16). The summed E-state index contributed by atoms with van der Waals surface area (Å²) in [5.41, 5.74) is 2.24. The fraction of sp³-hybridized carbons (Fsp3) is 0.385. The van der Waals surface area contributed by atoms with Gasteiger partial charge in [-0.15, -0.1) is 11.6 Å². The number of hydrogen-bond acceptors (Lipinski definition) is 3. The number of aryl methyl sites for hydroxylation is 2. The third kappa shape index (κ3) is 3.23. The molecule has 18 heavy (non-hydrogen) atoms. The molecule has 0 aliphatic carbocycles. The Balaban J connectivity index is 3.12. The molecule has 0 saturated carbocycles. The van der Waals surface area contributed by atoms with Crippen LogP contribution >= 0.6 is 11.6 Å². The molecular weight excluding hydrogens is 256 g/mol. The lowest BCUT2D eigenvalue weighted by molar-refractivity contribution is -0.136. The van der Waals surface area contributed by atoms with E-state index in [2.05, 4.69) is 0 Å². The van der Waals surface area contributed by atoms with Crippen molar-refractivity contribution in [3.63, 3.8) is 0 Å². The summed E-state index contributed by atoms with van der Waals surface area (Å²) in [4.78, 5) is 22.6. The predicted octanol–water partition coefficient (Wildman–Crippen LogP) is 2.58. The van der Waals surface area contributed by atoms with Gasteiger partial charge in [-0.05, 0) is 37.1 Å². The first kappa shape index (κ1) is 14.5. The molecule has 0 radical (unpaired) electrons. The molecule has 1 aromatic carbocycles. The number of Topliss-reactive ketones (excluding diaryl/α,β-unsaturated/α-hetero) is 1. The Morgan fingerprint density at radius 2 is 1.89 bits per heavy atom. The lowest BCUT2D eigenvalue weighted by Crippen LogP contribution is -2.19. The number of halogens is 1. The van der Waals surface area contributed by atoms with Gasteiger partial charge in [-0.2, -0.15) is 0 Å². The molecule has 98 valence electrons. The topological polar surface area (TPSA) is 63.6 Å². The summed E-state index contributed by atoms with van der Waals surface area (Å²) in [6, 6.07) is 3.42. The second-order valence-electron chi connectivity index (χ2n) is 4.07. The van der Waals surface area contributed by atoms with Gasteiger partial charge in [0.15, 0.2) is 5.78 Å². The molecule has 0 saturated heterocycles. The monoisotopic (exact) mass is 270 g/mol. The van der Waals surface area contributed by atoms with Crippen LogP contribution in [0.4, 0.5) is 0 Å². The summed E-state index contributed by atoms with van der Waals surface area (Å²) >= 11 is 5.80. The summed E-state index contributed by atoms with van der Waals surface area (Å²) in [7, 11) is 1.46. The lowest BCUT2D eigenvalue weighted by Gasteiger charge is -2.13. The Hall–Kier alpha value is -1.55. The minimum Gasteiger partial charge on any atom is -0.496 e. The van der Waals surface area contributed by atoms with Gasteiger partial charge in [0, 0.05) is 0 Å². The van der Waals surface area contributed by atoms with Crippen molar-refractivity contribution in [3.05, 3.63) is 28.8 Å². The Morgan fingerprint density at radius 3 is 2.39 bits per heavy atom. The molecule has 0 amide bonds. The second kappa shape index (κ2) is 5.87. The van der Waals surface area contributed by atoms with Gasteiger partial charge >= 0.3 is 5.97 Å². The highest BCUT2D eigenvalue weighted by Gasteiger charge is 2.23. The van der Waals surface area contributed by atoms with Crippen molar-refractivity contribution < 1.29 is 19.4 Å². The summed E-state index contributed by atoms with van der Waals surface area (Å²) in [5.74, 6) is -1.12. The number of carboxylic acid groups (broad SMARTS) is 1. The van der Waals surface area contributed by atoms with Crippen molar-refractivity contribution in [2.45, 2.75) is 25.6 Å². The zero-order valence-corrected chi connectivity index (χ0v) is 11.2. The van der Waals surface area contributed by atoms with E-state index in [1.54, 1.807) is 12.1 Å². The molecule has 1 N–H and O–H groups in total. The van der Waals surface area contributed by atoms with E-state index >= 15 is 0 Å². The molecular formula is C13H15ClO4. The quantitative estimate of drug-likeness (QED) is 0.660. The number of ether oxygens (including phenoxy) is 1. The largest absolute Gasteiger partial charge is 0.496 e. The molecule has 1 unspecified atom stereocenters. The average molecular weight is 271 g/mol. The van der Waals surface area contributed by atoms with Gasteiger partial charge in [-0.3, -0.25) is 9.59 Å². The number of aliphatic carboxylic acids is 1. The van der Waals surface area contributed by atoms with Crippen LogP contribution in [0.15, 0.2) is 12.1 Å². The first-order valence-corrected chi connectivity index (χ1v) is 5.85. The molecule has 1 atom stereocenters. The fourth-order valence-electron chi connectivity index (χ4n) is 1.57. The van der Waals surface area contributed by atoms with E-state index in [0.717, 1.165) is 11.1 Å². The number of carbonyl (C=O) groups is 2. The maximum atomic E-state index is 12.0. The fourth-order valence-corrected chi connectivity index (χ4v) is 1.82. The summed E-state index contributed by atoms with van der Waals surface area (Å²) in [5, 5.41) is 7.55. The van der Waals surface area contributed by atoms with Crippen LogP contribution in [-0.4, -0.2) is 29.3 Å². The lowest BCUT2D eigenvalue weighted by atomic mass is 9.99. The zero-order valence-electron chi connectivity index (χ0n) is 10.5. The van der Waals surface area contributed by atoms with Crippen LogP contribution in [0.2, 0.25) is 0 Å². The molecule has 0 bridgehead atoms. The summed E-state index contributed by atoms with van der Waals surface area (Å²) < 4.78 is 5.13. The van der Waals surface area contributed by atoms with Crippen molar-refractivity contribution >= 4 is 23.4 Å². The predicted molar refractivity (Wildman–Crippen MR) is 68.7 cm³/mol. The highest BCUT2D eigenvalue weighted by Crippen LogP contribution is 2.26. The van der Waals surface area contributed by atoms with Crippen LogP contribution in [0.25, 0.3) is 0 Å². The summed E-state index contributed by atoms with van der Waals surface area (Å²) in [6.07, 6.45) is -0.406. The zero-order chi connectivity index (χ0) is 13.9. The van der Waals surface area contributed by atoms with Crippen molar-refractivity contribution in [1.82, 2.24) is 0 Å². The Morgan fingerprint density at radius 1 is 1.33 bits per heavy atom. The molecule has 0 heterocycles. The number of carboxylic acids is 1. The Kier molecular flexibility index (Phi) is 4.73. The van der Waals surface area contributed by atoms with E-state index in [1.165, 1.54) is 7.11 Å². The Bertz CT molecular complexity index is 482. The Labute approximate surface area is 111 Å². The number of ketones is 1. The average Bonchev–Trinajstić information content (AvgIpc) is 2.30. The third-order valence-corrected chi connectivity index (χ3v) is 3.07. The SMILES string of the molecule is COc1cc(C)c(C)cc1C(=O)C(Cl)CC(=O)O. The molecule has 5 heteroatoms. The van der Waals surface area contributed by atoms with E-state index in [4.69, 9.17) is 21.4 Å². The van der Waals surface area contributed by atoms with Gasteiger partial charge in [0.25, 0.3) is 0 Å². The number of rotatable bonds is 5. The van der Waals surface area contributed by atoms with Crippen LogP contribution in [0.5, 0.6) is 5.75 Å². The number of alkyl halides is 1. The van der Waals surface area contributed by atoms with E-state index in [1.807, 2.05) is 13.8 Å². The number of methoxy groups -OCH3 is 1. The molecule has 0 aliphatic rings. The van der Waals surface area contributed by atoms with Crippen molar-refractivity contribution in [2.24, 2.45) is 0 Å².